The van der Waals surface area contributed by atoms with Crippen molar-refractivity contribution in [1.29, 1.82) is 0 Å². The van der Waals surface area contributed by atoms with E-state index in [9.17, 15) is 13.2 Å². The number of hydrogen-bond donors (Lipinski definition) is 0. The predicted octanol–water partition coefficient (Wildman–Crippen LogP) is 3.09. The standard InChI is InChI=1S/C15H15NO3S2/c1-11(17)13-7-6-12-4-2-8-16(14(12)10-13)21(18,19)15-5-3-9-20-15/h3,5-7,9-10H,2,4,8H2,1H3. The number of ketones is 1. The molecule has 1 aliphatic heterocycles. The molecule has 21 heavy (non-hydrogen) atoms. The van der Waals surface area contributed by atoms with Crippen molar-refractivity contribution in [3.05, 3.63) is 46.8 Å². The number of aryl methyl sites for hydroxylation is 1. The summed E-state index contributed by atoms with van der Waals surface area (Å²) in [6.07, 6.45) is 1.63. The molecule has 110 valence electrons. The molecule has 0 spiro atoms. The van der Waals surface area contributed by atoms with E-state index in [1.165, 1.54) is 22.6 Å². The van der Waals surface area contributed by atoms with Crippen molar-refractivity contribution >= 4 is 32.8 Å². The molecule has 0 unspecified atom stereocenters. The summed E-state index contributed by atoms with van der Waals surface area (Å²) in [7, 11) is -3.53. The number of anilines is 1. The van der Waals surface area contributed by atoms with Crippen molar-refractivity contribution < 1.29 is 13.2 Å². The maximum absolute atomic E-state index is 12.7. The van der Waals surface area contributed by atoms with Crippen LogP contribution in [0.1, 0.15) is 29.3 Å². The Labute approximate surface area is 128 Å². The molecule has 6 heteroatoms. The Kier molecular flexibility index (Phi) is 3.59. The lowest BCUT2D eigenvalue weighted by Crippen LogP contribution is -2.35. The van der Waals surface area contributed by atoms with Crippen LogP contribution in [0.3, 0.4) is 0 Å². The quantitative estimate of drug-likeness (QED) is 0.816. The number of hydrogen-bond acceptors (Lipinski definition) is 4. The minimum Gasteiger partial charge on any atom is -0.295 e. The van der Waals surface area contributed by atoms with E-state index >= 15 is 0 Å². The van der Waals surface area contributed by atoms with Crippen molar-refractivity contribution in [1.82, 2.24) is 0 Å². The van der Waals surface area contributed by atoms with E-state index in [-0.39, 0.29) is 5.78 Å². The molecular formula is C15H15NO3S2. The number of thiophene rings is 1. The number of carbonyl (C=O) groups is 1. The molecule has 0 aliphatic carbocycles. The van der Waals surface area contributed by atoms with Gasteiger partial charge in [-0.3, -0.25) is 9.10 Å². The summed E-state index contributed by atoms with van der Waals surface area (Å²) in [5.74, 6) is -0.0585. The van der Waals surface area contributed by atoms with E-state index in [1.54, 1.807) is 29.6 Å². The van der Waals surface area contributed by atoms with Crippen molar-refractivity contribution in [3.8, 4) is 0 Å². The van der Waals surface area contributed by atoms with Gasteiger partial charge >= 0.3 is 0 Å². The van der Waals surface area contributed by atoms with Gasteiger partial charge in [0.15, 0.2) is 5.78 Å². The largest absolute Gasteiger partial charge is 0.295 e. The molecule has 0 N–H and O–H groups in total. The van der Waals surface area contributed by atoms with Gasteiger partial charge in [0.25, 0.3) is 10.0 Å². The minimum atomic E-state index is -3.53. The fourth-order valence-corrected chi connectivity index (χ4v) is 5.17. The topological polar surface area (TPSA) is 54.5 Å². The van der Waals surface area contributed by atoms with Crippen LogP contribution in [-0.4, -0.2) is 20.7 Å². The van der Waals surface area contributed by atoms with Gasteiger partial charge in [0.1, 0.15) is 4.21 Å². The molecule has 2 aromatic rings. The lowest BCUT2D eigenvalue weighted by molar-refractivity contribution is 0.101. The lowest BCUT2D eigenvalue weighted by Gasteiger charge is -2.30. The third kappa shape index (κ3) is 2.49. The fraction of sp³-hybridized carbons (Fsp3) is 0.267. The highest BCUT2D eigenvalue weighted by Crippen LogP contribution is 2.34. The average molecular weight is 321 g/mol. The van der Waals surface area contributed by atoms with E-state index in [1.807, 2.05) is 6.07 Å². The minimum absolute atomic E-state index is 0.0585. The Morgan fingerprint density at radius 1 is 1.29 bits per heavy atom. The van der Waals surface area contributed by atoms with Gasteiger partial charge in [-0.15, -0.1) is 11.3 Å². The molecular weight excluding hydrogens is 306 g/mol. The molecule has 3 rings (SSSR count). The summed E-state index contributed by atoms with van der Waals surface area (Å²) in [5, 5.41) is 1.75. The fourth-order valence-electron chi connectivity index (χ4n) is 2.53. The van der Waals surface area contributed by atoms with Crippen molar-refractivity contribution in [2.24, 2.45) is 0 Å². The third-order valence-corrected chi connectivity index (χ3v) is 6.79. The van der Waals surface area contributed by atoms with Gasteiger partial charge in [0, 0.05) is 12.1 Å². The zero-order chi connectivity index (χ0) is 15.0. The second kappa shape index (κ2) is 5.27. The Morgan fingerprint density at radius 3 is 2.76 bits per heavy atom. The van der Waals surface area contributed by atoms with Crippen molar-refractivity contribution in [2.45, 2.75) is 24.0 Å². The zero-order valence-corrected chi connectivity index (χ0v) is 13.2. The maximum Gasteiger partial charge on any atom is 0.273 e. The van der Waals surface area contributed by atoms with E-state index in [0.29, 0.717) is 22.0 Å². The third-order valence-electron chi connectivity index (χ3n) is 3.61. The van der Waals surface area contributed by atoms with E-state index in [4.69, 9.17) is 0 Å². The Hall–Kier alpha value is -1.66. The van der Waals surface area contributed by atoms with Crippen LogP contribution in [0, 0.1) is 0 Å². The molecule has 0 saturated carbocycles. The first-order valence-corrected chi connectivity index (χ1v) is 9.02. The average Bonchev–Trinajstić information content (AvgIpc) is 3.00. The van der Waals surface area contributed by atoms with Crippen LogP contribution in [0.4, 0.5) is 5.69 Å². The monoisotopic (exact) mass is 321 g/mol. The van der Waals surface area contributed by atoms with Crippen LogP contribution >= 0.6 is 11.3 Å². The van der Waals surface area contributed by atoms with Crippen LogP contribution in [0.25, 0.3) is 0 Å². The number of sulfonamides is 1. The Bertz CT molecular complexity index is 779. The van der Waals surface area contributed by atoms with Gasteiger partial charge in [-0.05, 0) is 42.8 Å². The molecule has 1 aliphatic rings. The number of nitrogens with zero attached hydrogens (tertiary/aromatic N) is 1. The van der Waals surface area contributed by atoms with Gasteiger partial charge in [-0.2, -0.15) is 0 Å². The lowest BCUT2D eigenvalue weighted by atomic mass is 10.00. The van der Waals surface area contributed by atoms with Gasteiger partial charge < -0.3 is 0 Å². The second-order valence-electron chi connectivity index (χ2n) is 5.01. The zero-order valence-electron chi connectivity index (χ0n) is 11.6. The molecule has 0 atom stereocenters. The predicted molar refractivity (Wildman–Crippen MR) is 83.6 cm³/mol. The normalized spacial score (nSPS) is 14.8. The Morgan fingerprint density at radius 2 is 2.10 bits per heavy atom. The van der Waals surface area contributed by atoms with Crippen LogP contribution in [0.5, 0.6) is 0 Å². The van der Waals surface area contributed by atoms with Gasteiger partial charge in [-0.25, -0.2) is 8.42 Å². The SMILES string of the molecule is CC(=O)c1ccc2c(c1)N(S(=O)(=O)c1cccs1)CCC2. The molecule has 1 aromatic carbocycles. The van der Waals surface area contributed by atoms with Crippen LogP contribution < -0.4 is 4.31 Å². The smallest absolute Gasteiger partial charge is 0.273 e. The summed E-state index contributed by atoms with van der Waals surface area (Å²) < 4.78 is 27.3. The number of carbonyl (C=O) groups excluding carboxylic acids is 1. The maximum atomic E-state index is 12.7. The van der Waals surface area contributed by atoms with Crippen LogP contribution in [0.2, 0.25) is 0 Å². The highest BCUT2D eigenvalue weighted by Gasteiger charge is 2.30. The van der Waals surface area contributed by atoms with E-state index in [2.05, 4.69) is 0 Å². The number of rotatable bonds is 3. The first kappa shape index (κ1) is 14.3. The highest BCUT2D eigenvalue weighted by atomic mass is 32.2. The van der Waals surface area contributed by atoms with E-state index in [0.717, 1.165) is 18.4 Å². The van der Waals surface area contributed by atoms with E-state index < -0.39 is 10.0 Å². The molecule has 0 fully saturated rings. The van der Waals surface area contributed by atoms with Gasteiger partial charge in [-0.1, -0.05) is 18.2 Å². The van der Waals surface area contributed by atoms with Gasteiger partial charge in [0.05, 0.1) is 5.69 Å². The summed E-state index contributed by atoms with van der Waals surface area (Å²) in [5.41, 5.74) is 2.16. The summed E-state index contributed by atoms with van der Waals surface area (Å²) in [6.45, 7) is 1.94. The molecule has 0 amide bonds. The van der Waals surface area contributed by atoms with Gasteiger partial charge in [0.2, 0.25) is 0 Å². The molecule has 0 radical (unpaired) electrons. The summed E-state index contributed by atoms with van der Waals surface area (Å²) >= 11 is 1.21. The molecule has 0 bridgehead atoms. The molecule has 1 aromatic heterocycles. The first-order chi connectivity index (χ1) is 10.00. The van der Waals surface area contributed by atoms with Crippen molar-refractivity contribution in [2.75, 3.05) is 10.8 Å². The van der Waals surface area contributed by atoms with Crippen LogP contribution in [-0.2, 0) is 16.4 Å². The summed E-state index contributed by atoms with van der Waals surface area (Å²) in [4.78, 5) is 11.6. The van der Waals surface area contributed by atoms with Crippen LogP contribution in [0.15, 0.2) is 39.9 Å². The highest BCUT2D eigenvalue weighted by molar-refractivity contribution is 7.94. The molecule has 2 heterocycles. The molecule has 0 saturated heterocycles. The number of benzene rings is 1. The molecule has 4 nitrogen and oxygen atoms in total. The number of fused-ring (bicyclic) bond motifs is 1. The van der Waals surface area contributed by atoms with Crippen molar-refractivity contribution in [3.63, 3.8) is 0 Å². The summed E-state index contributed by atoms with van der Waals surface area (Å²) in [6, 6.07) is 8.67. The second-order valence-corrected chi connectivity index (χ2v) is 8.05. The first-order valence-electron chi connectivity index (χ1n) is 6.70. The number of Topliss-reactive ketones (excluding diaryl/α,β-unsaturated/α-hetero) is 1. The Balaban J connectivity index is 2.12.